The molecule has 0 aliphatic heterocycles. The number of hydrogen-bond donors (Lipinski definition) is 0. The molecular formula is C25H27NO4S. The van der Waals surface area contributed by atoms with Gasteiger partial charge in [-0.15, -0.1) is 0 Å². The van der Waals surface area contributed by atoms with Gasteiger partial charge in [0.2, 0.25) is 0 Å². The van der Waals surface area contributed by atoms with Gasteiger partial charge in [-0.3, -0.25) is 4.79 Å². The SMILES string of the molecule is CCN(Cc1ccc(OCc2ccccc2)cc1)C(=O)c1ccccc1S(=O)(=O)CC. The van der Waals surface area contributed by atoms with Gasteiger partial charge in [-0.25, -0.2) is 8.42 Å². The van der Waals surface area contributed by atoms with E-state index in [9.17, 15) is 13.2 Å². The quantitative estimate of drug-likeness (QED) is 0.486. The summed E-state index contributed by atoms with van der Waals surface area (Å²) >= 11 is 0. The third-order valence-corrected chi connectivity index (χ3v) is 6.83. The average molecular weight is 438 g/mol. The van der Waals surface area contributed by atoms with E-state index in [1.807, 2.05) is 61.5 Å². The zero-order chi connectivity index (χ0) is 22.3. The monoisotopic (exact) mass is 437 g/mol. The number of hydrogen-bond acceptors (Lipinski definition) is 4. The van der Waals surface area contributed by atoms with E-state index in [0.717, 1.165) is 16.9 Å². The molecule has 3 aromatic carbocycles. The van der Waals surface area contributed by atoms with Crippen molar-refractivity contribution >= 4 is 15.7 Å². The van der Waals surface area contributed by atoms with Crippen LogP contribution >= 0.6 is 0 Å². The summed E-state index contributed by atoms with van der Waals surface area (Å²) in [6.07, 6.45) is 0. The molecule has 0 heterocycles. The lowest BCUT2D eigenvalue weighted by Crippen LogP contribution is -2.31. The summed E-state index contributed by atoms with van der Waals surface area (Å²) < 4.78 is 30.6. The molecule has 0 saturated heterocycles. The first kappa shape index (κ1) is 22.6. The van der Waals surface area contributed by atoms with Crippen LogP contribution in [0.5, 0.6) is 5.75 Å². The number of nitrogens with zero attached hydrogens (tertiary/aromatic N) is 1. The fourth-order valence-electron chi connectivity index (χ4n) is 3.22. The Balaban J connectivity index is 1.71. The second-order valence-corrected chi connectivity index (χ2v) is 9.38. The van der Waals surface area contributed by atoms with E-state index in [0.29, 0.717) is 19.7 Å². The summed E-state index contributed by atoms with van der Waals surface area (Å²) in [4.78, 5) is 14.9. The number of carbonyl (C=O) groups excluding carboxylic acids is 1. The van der Waals surface area contributed by atoms with Crippen molar-refractivity contribution in [3.63, 3.8) is 0 Å². The fourth-order valence-corrected chi connectivity index (χ4v) is 4.31. The van der Waals surface area contributed by atoms with Gasteiger partial charge >= 0.3 is 0 Å². The molecule has 5 nitrogen and oxygen atoms in total. The van der Waals surface area contributed by atoms with Gasteiger partial charge in [-0.05, 0) is 42.3 Å². The average Bonchev–Trinajstić information content (AvgIpc) is 2.82. The molecule has 0 saturated carbocycles. The first-order valence-electron chi connectivity index (χ1n) is 10.3. The van der Waals surface area contributed by atoms with Gasteiger partial charge < -0.3 is 9.64 Å². The van der Waals surface area contributed by atoms with Crippen LogP contribution in [0.1, 0.15) is 35.3 Å². The first-order valence-corrected chi connectivity index (χ1v) is 12.0. The Kier molecular flexibility index (Phi) is 7.47. The number of carbonyl (C=O) groups is 1. The fraction of sp³-hybridized carbons (Fsp3) is 0.240. The van der Waals surface area contributed by atoms with Crippen LogP contribution in [0.15, 0.2) is 83.8 Å². The van der Waals surface area contributed by atoms with Crippen molar-refractivity contribution in [3.05, 3.63) is 95.6 Å². The van der Waals surface area contributed by atoms with Crippen LogP contribution in [0.3, 0.4) is 0 Å². The molecule has 0 atom stereocenters. The van der Waals surface area contributed by atoms with E-state index in [1.165, 1.54) is 6.07 Å². The Morgan fingerprint density at radius 2 is 1.48 bits per heavy atom. The minimum absolute atomic E-state index is 0.0478. The van der Waals surface area contributed by atoms with Crippen molar-refractivity contribution in [2.75, 3.05) is 12.3 Å². The molecule has 31 heavy (non-hydrogen) atoms. The van der Waals surface area contributed by atoms with Gasteiger partial charge in [0.1, 0.15) is 12.4 Å². The highest BCUT2D eigenvalue weighted by Gasteiger charge is 2.23. The largest absolute Gasteiger partial charge is 0.489 e. The molecule has 0 aliphatic carbocycles. The molecule has 0 N–H and O–H groups in total. The van der Waals surface area contributed by atoms with Crippen LogP contribution in [0.4, 0.5) is 0 Å². The summed E-state index contributed by atoms with van der Waals surface area (Å²) in [7, 11) is -3.49. The maximum Gasteiger partial charge on any atom is 0.255 e. The predicted octanol–water partition coefficient (Wildman–Crippen LogP) is 4.72. The molecule has 0 spiro atoms. The maximum absolute atomic E-state index is 13.1. The first-order chi connectivity index (χ1) is 14.9. The molecule has 0 bridgehead atoms. The molecule has 162 valence electrons. The van der Waals surface area contributed by atoms with Crippen molar-refractivity contribution in [3.8, 4) is 5.75 Å². The van der Waals surface area contributed by atoms with E-state index in [4.69, 9.17) is 4.74 Å². The summed E-state index contributed by atoms with van der Waals surface area (Å²) in [6.45, 7) is 4.80. The minimum atomic E-state index is -3.49. The normalized spacial score (nSPS) is 11.2. The van der Waals surface area contributed by atoms with E-state index < -0.39 is 9.84 Å². The summed E-state index contributed by atoms with van der Waals surface area (Å²) in [5, 5.41) is 0. The van der Waals surface area contributed by atoms with E-state index in [-0.39, 0.29) is 22.1 Å². The zero-order valence-corrected chi connectivity index (χ0v) is 18.6. The Morgan fingerprint density at radius 3 is 2.13 bits per heavy atom. The Labute approximate surface area is 184 Å². The number of ether oxygens (including phenoxy) is 1. The summed E-state index contributed by atoms with van der Waals surface area (Å²) in [6, 6.07) is 23.9. The molecule has 0 unspecified atom stereocenters. The van der Waals surface area contributed by atoms with Crippen LogP contribution in [0.2, 0.25) is 0 Å². The smallest absolute Gasteiger partial charge is 0.255 e. The molecule has 1 amide bonds. The molecular weight excluding hydrogens is 410 g/mol. The van der Waals surface area contributed by atoms with Gasteiger partial charge in [0.25, 0.3) is 5.91 Å². The van der Waals surface area contributed by atoms with E-state index in [1.54, 1.807) is 30.0 Å². The van der Waals surface area contributed by atoms with Crippen molar-refractivity contribution in [2.24, 2.45) is 0 Å². The van der Waals surface area contributed by atoms with Gasteiger partial charge in [-0.2, -0.15) is 0 Å². The maximum atomic E-state index is 13.1. The van der Waals surface area contributed by atoms with Gasteiger partial charge in [0.05, 0.1) is 16.2 Å². The molecule has 6 heteroatoms. The summed E-state index contributed by atoms with van der Waals surface area (Å²) in [5.41, 5.74) is 2.25. The Morgan fingerprint density at radius 1 is 0.839 bits per heavy atom. The highest BCUT2D eigenvalue weighted by Crippen LogP contribution is 2.21. The van der Waals surface area contributed by atoms with Crippen molar-refractivity contribution < 1.29 is 17.9 Å². The number of rotatable bonds is 9. The molecule has 0 fully saturated rings. The summed E-state index contributed by atoms with van der Waals surface area (Å²) in [5.74, 6) is 0.411. The number of amides is 1. The highest BCUT2D eigenvalue weighted by atomic mass is 32.2. The Bertz CT molecular complexity index is 1110. The van der Waals surface area contributed by atoms with Crippen LogP contribution < -0.4 is 4.74 Å². The van der Waals surface area contributed by atoms with Crippen molar-refractivity contribution in [1.29, 1.82) is 0 Å². The lowest BCUT2D eigenvalue weighted by atomic mass is 10.1. The third kappa shape index (κ3) is 5.73. The van der Waals surface area contributed by atoms with E-state index >= 15 is 0 Å². The van der Waals surface area contributed by atoms with Crippen LogP contribution in [0, 0.1) is 0 Å². The predicted molar refractivity (Wildman–Crippen MR) is 122 cm³/mol. The number of sulfone groups is 1. The molecule has 0 radical (unpaired) electrons. The standard InChI is InChI=1S/C25H27NO4S/c1-3-26(25(27)23-12-8-9-13-24(23)31(28,29)4-2)18-20-14-16-22(17-15-20)30-19-21-10-6-5-7-11-21/h5-17H,3-4,18-19H2,1-2H3. The highest BCUT2D eigenvalue weighted by molar-refractivity contribution is 7.91. The van der Waals surface area contributed by atoms with Crippen molar-refractivity contribution in [2.45, 2.75) is 31.9 Å². The lowest BCUT2D eigenvalue weighted by Gasteiger charge is -2.22. The molecule has 3 aromatic rings. The van der Waals surface area contributed by atoms with Crippen LogP contribution in [-0.4, -0.2) is 31.5 Å². The lowest BCUT2D eigenvalue weighted by molar-refractivity contribution is 0.0748. The second-order valence-electron chi connectivity index (χ2n) is 7.14. The number of benzene rings is 3. The van der Waals surface area contributed by atoms with Crippen LogP contribution in [0.25, 0.3) is 0 Å². The third-order valence-electron chi connectivity index (χ3n) is 5.05. The molecule has 3 rings (SSSR count). The van der Waals surface area contributed by atoms with Crippen LogP contribution in [-0.2, 0) is 23.0 Å². The molecule has 0 aliphatic rings. The zero-order valence-electron chi connectivity index (χ0n) is 17.8. The van der Waals surface area contributed by atoms with Gasteiger partial charge in [-0.1, -0.05) is 61.5 Å². The van der Waals surface area contributed by atoms with Crippen molar-refractivity contribution in [1.82, 2.24) is 4.90 Å². The Hall–Kier alpha value is -3.12. The topological polar surface area (TPSA) is 63.7 Å². The van der Waals surface area contributed by atoms with Gasteiger partial charge in [0.15, 0.2) is 9.84 Å². The van der Waals surface area contributed by atoms with E-state index in [2.05, 4.69) is 0 Å². The molecule has 0 aromatic heterocycles. The second kappa shape index (κ2) is 10.3. The van der Waals surface area contributed by atoms with Gasteiger partial charge in [0, 0.05) is 13.1 Å². The minimum Gasteiger partial charge on any atom is -0.489 e.